The number of hydrogen-bond donors (Lipinski definition) is 1. The van der Waals surface area contributed by atoms with Crippen molar-refractivity contribution in [3.05, 3.63) is 51.9 Å². The number of hydrogen-bond acceptors (Lipinski definition) is 6. The normalized spacial score (nSPS) is 22.2. The maximum atomic E-state index is 12.2. The predicted molar refractivity (Wildman–Crippen MR) is 91.5 cm³/mol. The van der Waals surface area contributed by atoms with Crippen LogP contribution in [0.15, 0.2) is 45.1 Å². The van der Waals surface area contributed by atoms with Gasteiger partial charge in [0.15, 0.2) is 6.10 Å². The van der Waals surface area contributed by atoms with Gasteiger partial charge in [-0.15, -0.1) is 0 Å². The highest BCUT2D eigenvalue weighted by Gasteiger charge is 2.47. The van der Waals surface area contributed by atoms with E-state index in [0.717, 1.165) is 0 Å². The van der Waals surface area contributed by atoms with Crippen LogP contribution in [0.3, 0.4) is 0 Å². The first-order valence-electron chi connectivity index (χ1n) is 8.02. The van der Waals surface area contributed by atoms with Crippen LogP contribution in [0.4, 0.5) is 0 Å². The van der Waals surface area contributed by atoms with E-state index >= 15 is 0 Å². The fraction of sp³-hybridized carbons (Fsp3) is 0.368. The number of ether oxygens (including phenoxy) is 2. The van der Waals surface area contributed by atoms with E-state index in [-0.39, 0.29) is 5.58 Å². The van der Waals surface area contributed by atoms with Crippen molar-refractivity contribution in [2.24, 2.45) is 0 Å². The lowest BCUT2D eigenvalue weighted by Gasteiger charge is -2.42. The Morgan fingerprint density at radius 1 is 1.28 bits per heavy atom. The van der Waals surface area contributed by atoms with Crippen molar-refractivity contribution in [2.45, 2.75) is 45.5 Å². The molecule has 1 N–H and O–H groups in total. The van der Waals surface area contributed by atoms with Gasteiger partial charge >= 0.3 is 11.6 Å². The second-order valence-corrected chi connectivity index (χ2v) is 6.60. The summed E-state index contributed by atoms with van der Waals surface area (Å²) in [5, 5.41) is 11.6. The third-order valence-corrected chi connectivity index (χ3v) is 4.42. The molecule has 6 heteroatoms. The van der Waals surface area contributed by atoms with E-state index < -0.39 is 29.4 Å². The lowest BCUT2D eigenvalue weighted by molar-refractivity contribution is -0.173. The minimum Gasteiger partial charge on any atom is -0.483 e. The maximum Gasteiger partial charge on any atom is 0.336 e. The fourth-order valence-corrected chi connectivity index (χ4v) is 2.91. The molecule has 132 valence electrons. The molecule has 6 nitrogen and oxygen atoms in total. The average Bonchev–Trinajstić information content (AvgIpc) is 2.56. The first-order chi connectivity index (χ1) is 11.7. The standard InChI is InChI=1S/C19H20O6/c1-5-10(2)18(22)24-17-15(21)14-12(25-19(17,3)4)8-6-11-7-9-13(20)23-16(11)14/h5-9,15,17,21H,1-4H3/b10-5-. The topological polar surface area (TPSA) is 86.0 Å². The lowest BCUT2D eigenvalue weighted by atomic mass is 9.87. The molecule has 25 heavy (non-hydrogen) atoms. The molecular formula is C19H20O6. The zero-order chi connectivity index (χ0) is 18.4. The van der Waals surface area contributed by atoms with Crippen molar-refractivity contribution in [1.29, 1.82) is 0 Å². The highest BCUT2D eigenvalue weighted by molar-refractivity contribution is 5.88. The highest BCUT2D eigenvalue weighted by Crippen LogP contribution is 2.44. The van der Waals surface area contributed by atoms with E-state index in [2.05, 4.69) is 0 Å². The number of aliphatic hydroxyl groups excluding tert-OH is 1. The molecule has 0 bridgehead atoms. The van der Waals surface area contributed by atoms with E-state index in [9.17, 15) is 14.7 Å². The summed E-state index contributed by atoms with van der Waals surface area (Å²) in [5.41, 5.74) is -0.518. The SMILES string of the molecule is C/C=C(/C)C(=O)OC1C(O)c2c(ccc3ccc(=O)oc23)OC1(C)C. The Kier molecular flexibility index (Phi) is 4.16. The van der Waals surface area contributed by atoms with Crippen LogP contribution in [-0.4, -0.2) is 22.8 Å². The van der Waals surface area contributed by atoms with Crippen molar-refractivity contribution in [3.63, 3.8) is 0 Å². The number of rotatable bonds is 2. The second kappa shape index (κ2) is 6.04. The number of benzene rings is 1. The smallest absolute Gasteiger partial charge is 0.336 e. The summed E-state index contributed by atoms with van der Waals surface area (Å²) in [6.45, 7) is 6.82. The molecule has 0 saturated carbocycles. The van der Waals surface area contributed by atoms with Crippen LogP contribution in [0.2, 0.25) is 0 Å². The van der Waals surface area contributed by atoms with Gasteiger partial charge in [0.2, 0.25) is 0 Å². The summed E-state index contributed by atoms with van der Waals surface area (Å²) in [5.74, 6) is -0.136. The van der Waals surface area contributed by atoms with Gasteiger partial charge in [0.1, 0.15) is 23.0 Å². The van der Waals surface area contributed by atoms with Crippen molar-refractivity contribution in [2.75, 3.05) is 0 Å². The Morgan fingerprint density at radius 2 is 1.96 bits per heavy atom. The molecule has 2 heterocycles. The van der Waals surface area contributed by atoms with Crippen molar-refractivity contribution in [3.8, 4) is 5.75 Å². The lowest BCUT2D eigenvalue weighted by Crippen LogP contribution is -2.51. The zero-order valence-electron chi connectivity index (χ0n) is 14.5. The van der Waals surface area contributed by atoms with Crippen LogP contribution < -0.4 is 10.4 Å². The van der Waals surface area contributed by atoms with Gasteiger partial charge in [0, 0.05) is 17.0 Å². The molecule has 1 aliphatic rings. The van der Waals surface area contributed by atoms with E-state index in [4.69, 9.17) is 13.9 Å². The number of carbonyl (C=O) groups is 1. The molecule has 0 fully saturated rings. The summed E-state index contributed by atoms with van der Waals surface area (Å²) in [4.78, 5) is 23.8. The molecule has 1 aliphatic heterocycles. The minimum atomic E-state index is -1.19. The summed E-state index contributed by atoms with van der Waals surface area (Å²) in [7, 11) is 0. The van der Waals surface area contributed by atoms with Gasteiger partial charge in [-0.3, -0.25) is 0 Å². The Morgan fingerprint density at radius 3 is 2.64 bits per heavy atom. The van der Waals surface area contributed by atoms with Crippen molar-refractivity contribution < 1.29 is 23.8 Å². The molecule has 0 spiro atoms. The van der Waals surface area contributed by atoms with Crippen LogP contribution in [0, 0.1) is 0 Å². The minimum absolute atomic E-state index is 0.233. The number of aliphatic hydroxyl groups is 1. The third-order valence-electron chi connectivity index (χ3n) is 4.42. The van der Waals surface area contributed by atoms with Crippen LogP contribution >= 0.6 is 0 Å². The predicted octanol–water partition coefficient (Wildman–Crippen LogP) is 2.88. The van der Waals surface area contributed by atoms with Crippen molar-refractivity contribution >= 4 is 16.9 Å². The number of fused-ring (bicyclic) bond motifs is 3. The van der Waals surface area contributed by atoms with Crippen LogP contribution in [0.5, 0.6) is 5.75 Å². The Labute approximate surface area is 144 Å². The van der Waals surface area contributed by atoms with Gasteiger partial charge in [-0.1, -0.05) is 6.08 Å². The number of carbonyl (C=O) groups excluding carboxylic acids is 1. The average molecular weight is 344 g/mol. The molecule has 0 saturated heterocycles. The van der Waals surface area contributed by atoms with Gasteiger partial charge in [-0.2, -0.15) is 0 Å². The summed E-state index contributed by atoms with van der Waals surface area (Å²) in [6, 6.07) is 6.37. The molecule has 3 rings (SSSR count). The third kappa shape index (κ3) is 2.93. The van der Waals surface area contributed by atoms with Gasteiger partial charge < -0.3 is 19.0 Å². The zero-order valence-corrected chi connectivity index (χ0v) is 14.5. The molecular weight excluding hydrogens is 324 g/mol. The monoisotopic (exact) mass is 344 g/mol. The largest absolute Gasteiger partial charge is 0.483 e. The molecule has 0 amide bonds. The Balaban J connectivity index is 2.12. The van der Waals surface area contributed by atoms with E-state index in [1.165, 1.54) is 6.07 Å². The van der Waals surface area contributed by atoms with Gasteiger partial charge in [-0.25, -0.2) is 9.59 Å². The Hall–Kier alpha value is -2.60. The first-order valence-corrected chi connectivity index (χ1v) is 8.02. The van der Waals surface area contributed by atoms with Crippen molar-refractivity contribution in [1.82, 2.24) is 0 Å². The first kappa shape index (κ1) is 17.2. The molecule has 2 unspecified atom stereocenters. The van der Waals surface area contributed by atoms with Crippen LogP contribution in [0.25, 0.3) is 11.0 Å². The van der Waals surface area contributed by atoms with E-state index in [0.29, 0.717) is 22.3 Å². The molecule has 0 radical (unpaired) electrons. The summed E-state index contributed by atoms with van der Waals surface area (Å²) in [6.07, 6.45) is -0.520. The summed E-state index contributed by atoms with van der Waals surface area (Å²) < 4.78 is 16.7. The van der Waals surface area contributed by atoms with Crippen LogP contribution in [-0.2, 0) is 9.53 Å². The number of esters is 1. The summed E-state index contributed by atoms with van der Waals surface area (Å²) >= 11 is 0. The fourth-order valence-electron chi connectivity index (χ4n) is 2.91. The maximum absolute atomic E-state index is 12.2. The highest BCUT2D eigenvalue weighted by atomic mass is 16.6. The van der Waals surface area contributed by atoms with E-state index in [1.54, 1.807) is 52.0 Å². The van der Waals surface area contributed by atoms with E-state index in [1.807, 2.05) is 0 Å². The van der Waals surface area contributed by atoms with Crippen LogP contribution in [0.1, 0.15) is 39.4 Å². The molecule has 2 aromatic rings. The van der Waals surface area contributed by atoms with Gasteiger partial charge in [0.05, 0.1) is 5.56 Å². The molecule has 0 aliphatic carbocycles. The molecule has 2 atom stereocenters. The molecule has 1 aromatic heterocycles. The molecule has 1 aromatic carbocycles. The quantitative estimate of drug-likeness (QED) is 0.512. The van der Waals surface area contributed by atoms with Gasteiger partial charge in [0.25, 0.3) is 0 Å². The second-order valence-electron chi connectivity index (χ2n) is 6.60. The number of allylic oxidation sites excluding steroid dienone is 1. The Bertz CT molecular complexity index is 921. The van der Waals surface area contributed by atoms with Gasteiger partial charge in [-0.05, 0) is 45.9 Å².